The lowest BCUT2D eigenvalue weighted by Crippen LogP contribution is -2.27. The zero-order chi connectivity index (χ0) is 22.1. The smallest absolute Gasteiger partial charge is 0.259 e. The minimum Gasteiger partial charge on any atom is -0.350 e. The Balaban J connectivity index is 1.12. The van der Waals surface area contributed by atoms with E-state index < -0.39 is 0 Å². The third-order valence-electron chi connectivity index (χ3n) is 6.59. The number of thioether (sulfide) groups is 1. The van der Waals surface area contributed by atoms with Crippen LogP contribution < -0.4 is 10.9 Å². The molecule has 2 N–H and O–H groups in total. The molecule has 2 aliphatic carbocycles. The quantitative estimate of drug-likeness (QED) is 0.487. The molecule has 1 atom stereocenters. The summed E-state index contributed by atoms with van der Waals surface area (Å²) in [5.41, 5.74) is 5.29. The summed E-state index contributed by atoms with van der Waals surface area (Å²) in [6, 6.07) is 6.67. The van der Waals surface area contributed by atoms with Gasteiger partial charge in [0.15, 0.2) is 0 Å². The van der Waals surface area contributed by atoms with Crippen molar-refractivity contribution in [2.75, 3.05) is 5.75 Å². The summed E-state index contributed by atoms with van der Waals surface area (Å²) in [7, 11) is 0. The van der Waals surface area contributed by atoms with Crippen LogP contribution in [0.3, 0.4) is 0 Å². The Morgan fingerprint density at radius 1 is 1.19 bits per heavy atom. The van der Waals surface area contributed by atoms with Gasteiger partial charge in [0.25, 0.3) is 5.56 Å². The van der Waals surface area contributed by atoms with Crippen LogP contribution in [-0.4, -0.2) is 21.6 Å². The summed E-state index contributed by atoms with van der Waals surface area (Å²) in [5.74, 6) is 2.08. The van der Waals surface area contributed by atoms with E-state index in [-0.39, 0.29) is 17.5 Å². The van der Waals surface area contributed by atoms with Crippen LogP contribution in [0.2, 0.25) is 0 Å². The molecule has 0 radical (unpaired) electrons. The van der Waals surface area contributed by atoms with Crippen LogP contribution in [0, 0.1) is 0 Å². The average Bonchev–Trinajstić information content (AvgIpc) is 3.37. The fourth-order valence-corrected chi connectivity index (χ4v) is 6.95. The number of thiophene rings is 1. The topological polar surface area (TPSA) is 74.8 Å². The van der Waals surface area contributed by atoms with E-state index in [1.165, 1.54) is 46.4 Å². The van der Waals surface area contributed by atoms with Crippen LogP contribution in [0.25, 0.3) is 10.2 Å². The Morgan fingerprint density at radius 3 is 2.91 bits per heavy atom. The summed E-state index contributed by atoms with van der Waals surface area (Å²) in [6.07, 6.45) is 8.53. The number of carbonyl (C=O) groups is 1. The number of carbonyl (C=O) groups excluding carboxylic acids is 1. The molecule has 0 saturated carbocycles. The molecule has 0 aliphatic heterocycles. The Morgan fingerprint density at radius 2 is 2.03 bits per heavy atom. The highest BCUT2D eigenvalue weighted by atomic mass is 32.2. The number of fused-ring (bicyclic) bond motifs is 4. The molecule has 168 valence electrons. The zero-order valence-corrected chi connectivity index (χ0v) is 20.1. The molecular formula is C25H29N3O2S2. The SMILES string of the molecule is CC(NC(=O)CCSCc1nc2sc3c(c2c(=O)[nH]1)CCC3)c1ccc2c(c1)CCCC2. The van der Waals surface area contributed by atoms with Crippen molar-refractivity contribution in [3.63, 3.8) is 0 Å². The number of hydrogen-bond acceptors (Lipinski definition) is 5. The normalized spacial score (nSPS) is 16.0. The molecule has 0 bridgehead atoms. The van der Waals surface area contributed by atoms with Crippen LogP contribution in [-0.2, 0) is 36.2 Å². The molecule has 7 heteroatoms. The molecule has 1 amide bonds. The number of aryl methyl sites for hydroxylation is 4. The number of benzene rings is 1. The number of rotatable bonds is 7. The summed E-state index contributed by atoms with van der Waals surface area (Å²) >= 11 is 3.30. The third-order valence-corrected chi connectivity index (χ3v) is 8.74. The van der Waals surface area contributed by atoms with Crippen LogP contribution >= 0.6 is 23.1 Å². The Labute approximate surface area is 196 Å². The van der Waals surface area contributed by atoms with E-state index in [9.17, 15) is 9.59 Å². The molecular weight excluding hydrogens is 438 g/mol. The molecule has 3 aromatic rings. The van der Waals surface area contributed by atoms with E-state index >= 15 is 0 Å². The van der Waals surface area contributed by atoms with Gasteiger partial charge in [0.2, 0.25) is 5.91 Å². The van der Waals surface area contributed by atoms with Gasteiger partial charge in [0, 0.05) is 17.1 Å². The van der Waals surface area contributed by atoms with Crippen molar-refractivity contribution in [1.82, 2.24) is 15.3 Å². The first kappa shape index (κ1) is 21.7. The van der Waals surface area contributed by atoms with Crippen molar-refractivity contribution in [3.05, 3.63) is 61.5 Å². The molecule has 32 heavy (non-hydrogen) atoms. The first-order valence-corrected chi connectivity index (χ1v) is 13.6. The van der Waals surface area contributed by atoms with Crippen molar-refractivity contribution in [1.29, 1.82) is 0 Å². The lowest BCUT2D eigenvalue weighted by molar-refractivity contribution is -0.121. The van der Waals surface area contributed by atoms with Crippen LogP contribution in [0.4, 0.5) is 0 Å². The second-order valence-electron chi connectivity index (χ2n) is 8.88. The minimum absolute atomic E-state index is 0.0124. The molecule has 5 rings (SSSR count). The van der Waals surface area contributed by atoms with Crippen LogP contribution in [0.5, 0.6) is 0 Å². The van der Waals surface area contributed by atoms with Gasteiger partial charge in [-0.2, -0.15) is 11.8 Å². The maximum atomic E-state index is 12.5. The molecule has 0 saturated heterocycles. The lowest BCUT2D eigenvalue weighted by atomic mass is 9.89. The van der Waals surface area contributed by atoms with E-state index in [0.29, 0.717) is 23.8 Å². The Bertz CT molecular complexity index is 1210. The monoisotopic (exact) mass is 467 g/mol. The fourth-order valence-electron chi connectivity index (χ4n) is 4.87. The maximum Gasteiger partial charge on any atom is 0.259 e. The number of amides is 1. The summed E-state index contributed by atoms with van der Waals surface area (Å²) in [6.45, 7) is 2.05. The summed E-state index contributed by atoms with van der Waals surface area (Å²) in [5, 5.41) is 3.93. The Hall–Kier alpha value is -2.12. The molecule has 1 aromatic carbocycles. The second-order valence-corrected chi connectivity index (χ2v) is 11.1. The summed E-state index contributed by atoms with van der Waals surface area (Å²) < 4.78 is 0. The van der Waals surface area contributed by atoms with Crippen molar-refractivity contribution in [2.45, 2.75) is 70.1 Å². The minimum atomic E-state index is -0.0124. The molecule has 0 fully saturated rings. The predicted octanol–water partition coefficient (Wildman–Crippen LogP) is 4.85. The van der Waals surface area contributed by atoms with Crippen LogP contribution in [0.1, 0.15) is 71.6 Å². The van der Waals surface area contributed by atoms with Crippen molar-refractivity contribution in [2.24, 2.45) is 0 Å². The van der Waals surface area contributed by atoms with Crippen LogP contribution in [0.15, 0.2) is 23.0 Å². The third kappa shape index (κ3) is 4.50. The molecule has 2 aromatic heterocycles. The average molecular weight is 468 g/mol. The molecule has 1 unspecified atom stereocenters. The van der Waals surface area contributed by atoms with E-state index in [2.05, 4.69) is 40.4 Å². The number of aromatic nitrogens is 2. The second kappa shape index (κ2) is 9.40. The van der Waals surface area contributed by atoms with E-state index in [1.54, 1.807) is 23.1 Å². The Kier molecular flexibility index (Phi) is 6.37. The number of nitrogens with one attached hydrogen (secondary N) is 2. The van der Waals surface area contributed by atoms with E-state index in [1.807, 2.05) is 0 Å². The largest absolute Gasteiger partial charge is 0.350 e. The first-order valence-electron chi connectivity index (χ1n) is 11.6. The van der Waals surface area contributed by atoms with Gasteiger partial charge in [-0.3, -0.25) is 9.59 Å². The number of H-pyrrole nitrogens is 1. The van der Waals surface area contributed by atoms with E-state index in [4.69, 9.17) is 0 Å². The lowest BCUT2D eigenvalue weighted by Gasteiger charge is -2.20. The maximum absolute atomic E-state index is 12.5. The highest BCUT2D eigenvalue weighted by Crippen LogP contribution is 2.34. The highest BCUT2D eigenvalue weighted by molar-refractivity contribution is 7.98. The van der Waals surface area contributed by atoms with Crippen molar-refractivity contribution < 1.29 is 4.79 Å². The first-order chi connectivity index (χ1) is 15.6. The molecule has 2 heterocycles. The van der Waals surface area contributed by atoms with Gasteiger partial charge in [-0.1, -0.05) is 18.2 Å². The molecule has 5 nitrogen and oxygen atoms in total. The van der Waals surface area contributed by atoms with E-state index in [0.717, 1.165) is 35.9 Å². The van der Waals surface area contributed by atoms with Gasteiger partial charge in [0.05, 0.1) is 17.2 Å². The standard InChI is InChI=1S/C25H29N3O2S2/c1-15(17-10-9-16-5-2-3-6-18(16)13-17)26-22(29)11-12-31-14-21-27-24(30)23-19-7-4-8-20(19)32-25(23)28-21/h9-10,13,15H,2-8,11-12,14H2,1H3,(H,26,29)(H,27,28,30). The fraction of sp³-hybridized carbons (Fsp3) is 0.480. The van der Waals surface area contributed by atoms with Gasteiger partial charge < -0.3 is 10.3 Å². The zero-order valence-electron chi connectivity index (χ0n) is 18.5. The van der Waals surface area contributed by atoms with Gasteiger partial charge in [0.1, 0.15) is 10.7 Å². The van der Waals surface area contributed by atoms with Gasteiger partial charge >= 0.3 is 0 Å². The molecule has 0 spiro atoms. The van der Waals surface area contributed by atoms with Gasteiger partial charge in [-0.15, -0.1) is 11.3 Å². The van der Waals surface area contributed by atoms with Crippen molar-refractivity contribution in [3.8, 4) is 0 Å². The number of hydrogen-bond donors (Lipinski definition) is 2. The van der Waals surface area contributed by atoms with Gasteiger partial charge in [-0.05, 0) is 74.1 Å². The summed E-state index contributed by atoms with van der Waals surface area (Å²) in [4.78, 5) is 34.8. The van der Waals surface area contributed by atoms with Gasteiger partial charge in [-0.25, -0.2) is 4.98 Å². The predicted molar refractivity (Wildman–Crippen MR) is 133 cm³/mol. The highest BCUT2D eigenvalue weighted by Gasteiger charge is 2.21. The van der Waals surface area contributed by atoms with Crippen molar-refractivity contribution >= 4 is 39.2 Å². The number of nitrogens with zero attached hydrogens (tertiary/aromatic N) is 1. The molecule has 2 aliphatic rings. The number of aromatic amines is 1.